The van der Waals surface area contributed by atoms with E-state index in [9.17, 15) is 9.18 Å². The van der Waals surface area contributed by atoms with Gasteiger partial charge in [0.05, 0.1) is 12.5 Å². The molecular weight excluding hydrogens is 207 g/mol. The van der Waals surface area contributed by atoms with E-state index in [1.807, 2.05) is 13.0 Å². The largest absolute Gasteiger partial charge is 0.348 e. The van der Waals surface area contributed by atoms with Crippen molar-refractivity contribution in [3.05, 3.63) is 35.6 Å². The minimum absolute atomic E-state index is 0.150. The fraction of sp³-hybridized carbons (Fsp3) is 0.333. The normalized spacial score (nSPS) is 11.6. The van der Waals surface area contributed by atoms with Crippen molar-refractivity contribution in [1.29, 1.82) is 5.26 Å². The summed E-state index contributed by atoms with van der Waals surface area (Å²) in [4.78, 5) is 11.7. The van der Waals surface area contributed by atoms with Gasteiger partial charge in [-0.05, 0) is 30.7 Å². The fourth-order valence-corrected chi connectivity index (χ4v) is 1.28. The number of hydrogen-bond donors (Lipinski definition) is 1. The first-order chi connectivity index (χ1) is 7.67. The molecule has 16 heavy (non-hydrogen) atoms. The average molecular weight is 220 g/mol. The maximum atomic E-state index is 12.6. The van der Waals surface area contributed by atoms with Crippen molar-refractivity contribution in [3.63, 3.8) is 0 Å². The van der Waals surface area contributed by atoms with Crippen LogP contribution >= 0.6 is 0 Å². The summed E-state index contributed by atoms with van der Waals surface area (Å²) in [6.45, 7) is 1.90. The Morgan fingerprint density at radius 3 is 2.62 bits per heavy atom. The molecule has 1 unspecified atom stereocenters. The lowest BCUT2D eigenvalue weighted by atomic mass is 10.1. The van der Waals surface area contributed by atoms with E-state index < -0.39 is 0 Å². The highest BCUT2D eigenvalue weighted by atomic mass is 19.1. The lowest BCUT2D eigenvalue weighted by Gasteiger charge is -2.13. The van der Waals surface area contributed by atoms with Crippen LogP contribution in [0.4, 0.5) is 4.39 Å². The second kappa shape index (κ2) is 5.86. The first-order valence-electron chi connectivity index (χ1n) is 5.10. The van der Waals surface area contributed by atoms with E-state index in [4.69, 9.17) is 5.26 Å². The zero-order valence-electron chi connectivity index (χ0n) is 9.03. The van der Waals surface area contributed by atoms with Crippen LogP contribution in [0.5, 0.6) is 0 Å². The molecule has 0 spiro atoms. The number of halogens is 1. The first-order valence-corrected chi connectivity index (χ1v) is 5.10. The molecule has 0 radical (unpaired) electrons. The molecule has 1 aromatic rings. The standard InChI is InChI=1S/C12H13FN2O/c1-2-11(7-8-14)15-12(16)9-3-5-10(13)6-4-9/h3-6,11H,2,7H2,1H3,(H,15,16). The van der Waals surface area contributed by atoms with Gasteiger partial charge in [-0.3, -0.25) is 4.79 Å². The van der Waals surface area contributed by atoms with Gasteiger partial charge >= 0.3 is 0 Å². The van der Waals surface area contributed by atoms with Crippen LogP contribution < -0.4 is 5.32 Å². The second-order valence-electron chi connectivity index (χ2n) is 3.45. The molecule has 0 saturated heterocycles. The number of benzene rings is 1. The molecule has 0 saturated carbocycles. The van der Waals surface area contributed by atoms with Crippen LogP contribution in [0.25, 0.3) is 0 Å². The van der Waals surface area contributed by atoms with E-state index in [1.165, 1.54) is 24.3 Å². The van der Waals surface area contributed by atoms with Crippen molar-refractivity contribution in [2.45, 2.75) is 25.8 Å². The third kappa shape index (κ3) is 3.35. The second-order valence-corrected chi connectivity index (χ2v) is 3.45. The first kappa shape index (κ1) is 12.2. The number of rotatable bonds is 4. The predicted molar refractivity (Wildman–Crippen MR) is 58.2 cm³/mol. The molecule has 1 N–H and O–H groups in total. The summed E-state index contributed by atoms with van der Waals surface area (Å²) in [5.41, 5.74) is 0.401. The van der Waals surface area contributed by atoms with Crippen LogP contribution in [0, 0.1) is 17.1 Å². The van der Waals surface area contributed by atoms with Crippen molar-refractivity contribution >= 4 is 5.91 Å². The van der Waals surface area contributed by atoms with Crippen molar-refractivity contribution in [2.75, 3.05) is 0 Å². The average Bonchev–Trinajstić information content (AvgIpc) is 2.29. The molecule has 0 aromatic heterocycles. The Morgan fingerprint density at radius 2 is 2.12 bits per heavy atom. The van der Waals surface area contributed by atoms with Crippen LogP contribution in [0.15, 0.2) is 24.3 Å². The number of amides is 1. The molecule has 0 fully saturated rings. The van der Waals surface area contributed by atoms with Crippen LogP contribution in [0.2, 0.25) is 0 Å². The quantitative estimate of drug-likeness (QED) is 0.846. The Morgan fingerprint density at radius 1 is 1.50 bits per heavy atom. The number of nitriles is 1. The molecular formula is C12H13FN2O. The molecule has 0 heterocycles. The summed E-state index contributed by atoms with van der Waals surface area (Å²) in [5, 5.41) is 11.3. The lowest BCUT2D eigenvalue weighted by molar-refractivity contribution is 0.0936. The Balaban J connectivity index is 2.65. The third-order valence-corrected chi connectivity index (χ3v) is 2.27. The highest BCUT2D eigenvalue weighted by Gasteiger charge is 2.11. The van der Waals surface area contributed by atoms with E-state index in [0.717, 1.165) is 0 Å². The van der Waals surface area contributed by atoms with Gasteiger partial charge < -0.3 is 5.32 Å². The van der Waals surface area contributed by atoms with Gasteiger partial charge in [-0.15, -0.1) is 0 Å². The Bertz CT molecular complexity index is 394. The van der Waals surface area contributed by atoms with E-state index in [0.29, 0.717) is 12.0 Å². The molecule has 1 rings (SSSR count). The molecule has 1 aromatic carbocycles. The topological polar surface area (TPSA) is 52.9 Å². The van der Waals surface area contributed by atoms with Gasteiger partial charge in [-0.1, -0.05) is 6.92 Å². The van der Waals surface area contributed by atoms with Crippen molar-refractivity contribution in [1.82, 2.24) is 5.32 Å². The Hall–Kier alpha value is -1.89. The van der Waals surface area contributed by atoms with Crippen LogP contribution in [0.3, 0.4) is 0 Å². The maximum absolute atomic E-state index is 12.6. The molecule has 1 atom stereocenters. The number of carbonyl (C=O) groups is 1. The van der Waals surface area contributed by atoms with Crippen LogP contribution in [0.1, 0.15) is 30.1 Å². The molecule has 84 valence electrons. The van der Waals surface area contributed by atoms with Gasteiger partial charge in [0.15, 0.2) is 0 Å². The zero-order chi connectivity index (χ0) is 12.0. The summed E-state index contributed by atoms with van der Waals surface area (Å²) in [6.07, 6.45) is 0.976. The number of carbonyl (C=O) groups excluding carboxylic acids is 1. The highest BCUT2D eigenvalue weighted by molar-refractivity contribution is 5.94. The maximum Gasteiger partial charge on any atom is 0.251 e. The number of nitrogens with zero attached hydrogens (tertiary/aromatic N) is 1. The van der Waals surface area contributed by atoms with Crippen LogP contribution in [-0.4, -0.2) is 11.9 Å². The van der Waals surface area contributed by atoms with E-state index in [2.05, 4.69) is 5.32 Å². The zero-order valence-corrected chi connectivity index (χ0v) is 9.03. The predicted octanol–water partition coefficient (Wildman–Crippen LogP) is 2.25. The van der Waals surface area contributed by atoms with E-state index in [1.54, 1.807) is 0 Å². The van der Waals surface area contributed by atoms with Gasteiger partial charge in [0.25, 0.3) is 5.91 Å². The minimum atomic E-state index is -0.374. The monoisotopic (exact) mass is 220 g/mol. The fourth-order valence-electron chi connectivity index (χ4n) is 1.28. The van der Waals surface area contributed by atoms with Crippen molar-refractivity contribution < 1.29 is 9.18 Å². The SMILES string of the molecule is CCC(CC#N)NC(=O)c1ccc(F)cc1. The molecule has 0 aliphatic carbocycles. The van der Waals surface area contributed by atoms with Gasteiger partial charge in [0.1, 0.15) is 5.82 Å². The molecule has 4 heteroatoms. The highest BCUT2D eigenvalue weighted by Crippen LogP contribution is 2.04. The molecule has 0 bridgehead atoms. The Kier molecular flexibility index (Phi) is 4.46. The summed E-state index contributed by atoms with van der Waals surface area (Å²) in [5.74, 6) is -0.650. The molecule has 0 aliphatic heterocycles. The van der Waals surface area contributed by atoms with E-state index >= 15 is 0 Å². The van der Waals surface area contributed by atoms with Gasteiger partial charge in [0.2, 0.25) is 0 Å². The minimum Gasteiger partial charge on any atom is -0.348 e. The van der Waals surface area contributed by atoms with Crippen LogP contribution in [-0.2, 0) is 0 Å². The number of nitrogens with one attached hydrogen (secondary N) is 1. The summed E-state index contributed by atoms with van der Waals surface area (Å²) in [7, 11) is 0. The van der Waals surface area contributed by atoms with E-state index in [-0.39, 0.29) is 24.2 Å². The molecule has 0 aliphatic rings. The summed E-state index contributed by atoms with van der Waals surface area (Å²) < 4.78 is 12.6. The van der Waals surface area contributed by atoms with Crippen molar-refractivity contribution in [3.8, 4) is 6.07 Å². The lowest BCUT2D eigenvalue weighted by Crippen LogP contribution is -2.34. The Labute approximate surface area is 93.9 Å². The number of hydrogen-bond acceptors (Lipinski definition) is 2. The summed E-state index contributed by atoms with van der Waals surface area (Å²) >= 11 is 0. The van der Waals surface area contributed by atoms with Gasteiger partial charge in [-0.25, -0.2) is 4.39 Å². The summed E-state index contributed by atoms with van der Waals surface area (Å²) in [6, 6.07) is 7.17. The third-order valence-electron chi connectivity index (χ3n) is 2.27. The van der Waals surface area contributed by atoms with Gasteiger partial charge in [0, 0.05) is 11.6 Å². The smallest absolute Gasteiger partial charge is 0.251 e. The molecule has 3 nitrogen and oxygen atoms in total. The van der Waals surface area contributed by atoms with Gasteiger partial charge in [-0.2, -0.15) is 5.26 Å². The van der Waals surface area contributed by atoms with Crippen molar-refractivity contribution in [2.24, 2.45) is 0 Å². The molecule has 1 amide bonds.